The first-order chi connectivity index (χ1) is 7.54. The number of halogens is 1. The highest BCUT2D eigenvalue weighted by Crippen LogP contribution is 2.30. The normalized spacial score (nSPS) is 10.4. The molecule has 0 aromatic heterocycles. The minimum atomic E-state index is -0.770. The van der Waals surface area contributed by atoms with Crippen molar-refractivity contribution >= 4 is 34.8 Å². The summed E-state index contributed by atoms with van der Waals surface area (Å²) in [4.78, 5) is 10.4. The van der Waals surface area contributed by atoms with Crippen molar-refractivity contribution in [2.24, 2.45) is 10.8 Å². The fourth-order valence-corrected chi connectivity index (χ4v) is 1.63. The summed E-state index contributed by atoms with van der Waals surface area (Å²) in [5.41, 5.74) is 7.29. The second-order valence-corrected chi connectivity index (χ2v) is 4.03. The number of urea groups is 1. The number of ether oxygens (including phenoxy) is 1. The van der Waals surface area contributed by atoms with Crippen molar-refractivity contribution in [3.63, 3.8) is 0 Å². The Balaban J connectivity index is 2.99. The number of methoxy groups -OCH3 is 1. The molecule has 1 aromatic rings. The lowest BCUT2D eigenvalue weighted by Crippen LogP contribution is -2.24. The maximum atomic E-state index is 10.4. The van der Waals surface area contributed by atoms with E-state index in [0.717, 1.165) is 3.57 Å². The van der Waals surface area contributed by atoms with Crippen molar-refractivity contribution in [3.8, 4) is 11.5 Å². The summed E-state index contributed by atoms with van der Waals surface area (Å²) in [5.74, 6) is 0.297. The van der Waals surface area contributed by atoms with Crippen LogP contribution in [0.5, 0.6) is 11.5 Å². The molecule has 7 heteroatoms. The number of carbonyl (C=O) groups excluding carboxylic acids is 1. The molecule has 0 spiro atoms. The van der Waals surface area contributed by atoms with Gasteiger partial charge in [0.2, 0.25) is 0 Å². The van der Waals surface area contributed by atoms with Gasteiger partial charge in [0.25, 0.3) is 0 Å². The Morgan fingerprint density at radius 1 is 1.69 bits per heavy atom. The highest BCUT2D eigenvalue weighted by molar-refractivity contribution is 14.1. The Labute approximate surface area is 106 Å². The van der Waals surface area contributed by atoms with Gasteiger partial charge in [-0.05, 0) is 34.7 Å². The van der Waals surface area contributed by atoms with Crippen LogP contribution in [0.4, 0.5) is 4.79 Å². The molecule has 1 rings (SSSR count). The molecule has 0 radical (unpaired) electrons. The first kappa shape index (κ1) is 12.6. The summed E-state index contributed by atoms with van der Waals surface area (Å²) in [6, 6.07) is 2.59. The lowest BCUT2D eigenvalue weighted by molar-refractivity contribution is 0.249. The standard InChI is InChI=1S/C9H10IN3O3/c1-16-7-3-6(10)2-5(8(7)14)4-12-13-9(11)15/h2-4,14H,1H3,(H3,11,13,15). The molecule has 6 nitrogen and oxygen atoms in total. The van der Waals surface area contributed by atoms with Gasteiger partial charge in [-0.15, -0.1) is 0 Å². The summed E-state index contributed by atoms with van der Waals surface area (Å²) in [6.07, 6.45) is 1.28. The van der Waals surface area contributed by atoms with E-state index in [9.17, 15) is 9.90 Å². The van der Waals surface area contributed by atoms with Crippen molar-refractivity contribution in [1.82, 2.24) is 5.43 Å². The molecule has 0 bridgehead atoms. The minimum absolute atomic E-state index is 0.0436. The third kappa shape index (κ3) is 3.26. The van der Waals surface area contributed by atoms with Gasteiger partial charge in [-0.2, -0.15) is 5.10 Å². The van der Waals surface area contributed by atoms with Crippen molar-refractivity contribution in [3.05, 3.63) is 21.3 Å². The Kier molecular flexibility index (Phi) is 4.35. The lowest BCUT2D eigenvalue weighted by Gasteiger charge is -2.06. The molecule has 0 aliphatic rings. The molecule has 86 valence electrons. The average Bonchev–Trinajstić information content (AvgIpc) is 2.22. The number of rotatable bonds is 3. The summed E-state index contributed by atoms with van der Waals surface area (Å²) in [5, 5.41) is 13.3. The Bertz CT molecular complexity index is 434. The smallest absolute Gasteiger partial charge is 0.332 e. The van der Waals surface area contributed by atoms with E-state index >= 15 is 0 Å². The minimum Gasteiger partial charge on any atom is -0.504 e. The van der Waals surface area contributed by atoms with Gasteiger partial charge < -0.3 is 15.6 Å². The van der Waals surface area contributed by atoms with Gasteiger partial charge in [-0.3, -0.25) is 0 Å². The van der Waals surface area contributed by atoms with E-state index in [1.54, 1.807) is 12.1 Å². The van der Waals surface area contributed by atoms with Crippen LogP contribution >= 0.6 is 22.6 Å². The molecular formula is C9H10IN3O3. The molecule has 0 aliphatic carbocycles. The SMILES string of the molecule is COc1cc(I)cc(C=NNC(N)=O)c1O. The van der Waals surface area contributed by atoms with Crippen LogP contribution in [0.1, 0.15) is 5.56 Å². The maximum Gasteiger partial charge on any atom is 0.332 e. The first-order valence-corrected chi connectivity index (χ1v) is 5.27. The average molecular weight is 335 g/mol. The maximum absolute atomic E-state index is 10.4. The van der Waals surface area contributed by atoms with E-state index in [4.69, 9.17) is 10.5 Å². The zero-order valence-corrected chi connectivity index (χ0v) is 10.6. The number of hydrogen-bond acceptors (Lipinski definition) is 4. The summed E-state index contributed by atoms with van der Waals surface area (Å²) in [7, 11) is 1.45. The fourth-order valence-electron chi connectivity index (χ4n) is 1.01. The van der Waals surface area contributed by atoms with E-state index in [2.05, 4.69) is 27.7 Å². The van der Waals surface area contributed by atoms with Crippen LogP contribution in [0.2, 0.25) is 0 Å². The number of nitrogens with zero attached hydrogens (tertiary/aromatic N) is 1. The van der Waals surface area contributed by atoms with Crippen LogP contribution in [0, 0.1) is 3.57 Å². The number of aromatic hydroxyl groups is 1. The first-order valence-electron chi connectivity index (χ1n) is 4.19. The molecular weight excluding hydrogens is 325 g/mol. The quantitative estimate of drug-likeness (QED) is 0.437. The zero-order valence-electron chi connectivity index (χ0n) is 8.40. The Morgan fingerprint density at radius 3 is 2.94 bits per heavy atom. The molecule has 0 saturated heterocycles. The fraction of sp³-hybridized carbons (Fsp3) is 0.111. The molecule has 0 fully saturated rings. The highest BCUT2D eigenvalue weighted by atomic mass is 127. The van der Waals surface area contributed by atoms with Gasteiger partial charge >= 0.3 is 6.03 Å². The predicted molar refractivity (Wildman–Crippen MR) is 67.7 cm³/mol. The second-order valence-electron chi connectivity index (χ2n) is 2.78. The summed E-state index contributed by atoms with van der Waals surface area (Å²) < 4.78 is 5.83. The van der Waals surface area contributed by atoms with Crippen LogP contribution in [0.25, 0.3) is 0 Å². The second kappa shape index (κ2) is 5.54. The van der Waals surface area contributed by atoms with E-state index in [1.165, 1.54) is 13.3 Å². The number of nitrogens with one attached hydrogen (secondary N) is 1. The van der Waals surface area contributed by atoms with Crippen molar-refractivity contribution < 1.29 is 14.6 Å². The summed E-state index contributed by atoms with van der Waals surface area (Å²) >= 11 is 2.07. The molecule has 16 heavy (non-hydrogen) atoms. The molecule has 0 unspecified atom stereocenters. The predicted octanol–water partition coefficient (Wildman–Crippen LogP) is 1.01. The lowest BCUT2D eigenvalue weighted by atomic mass is 10.2. The molecule has 2 amide bonds. The van der Waals surface area contributed by atoms with Crippen LogP contribution in [0.3, 0.4) is 0 Å². The molecule has 0 aliphatic heterocycles. The monoisotopic (exact) mass is 335 g/mol. The topological polar surface area (TPSA) is 96.9 Å². The largest absolute Gasteiger partial charge is 0.504 e. The molecule has 0 saturated carbocycles. The molecule has 4 N–H and O–H groups in total. The van der Waals surface area contributed by atoms with E-state index in [0.29, 0.717) is 11.3 Å². The molecule has 0 heterocycles. The third-order valence-electron chi connectivity index (χ3n) is 1.67. The number of hydrogen-bond donors (Lipinski definition) is 3. The Morgan fingerprint density at radius 2 is 2.38 bits per heavy atom. The van der Waals surface area contributed by atoms with Crippen LogP contribution in [-0.2, 0) is 0 Å². The van der Waals surface area contributed by atoms with Crippen LogP contribution in [-0.4, -0.2) is 24.5 Å². The molecule has 1 aromatic carbocycles. The van der Waals surface area contributed by atoms with E-state index in [1.807, 2.05) is 5.43 Å². The number of amides is 2. The zero-order chi connectivity index (χ0) is 12.1. The van der Waals surface area contributed by atoms with Crippen LogP contribution < -0.4 is 15.9 Å². The number of hydrazone groups is 1. The van der Waals surface area contributed by atoms with Gasteiger partial charge in [0.05, 0.1) is 13.3 Å². The highest BCUT2D eigenvalue weighted by Gasteiger charge is 2.07. The van der Waals surface area contributed by atoms with Gasteiger partial charge in [-0.1, -0.05) is 0 Å². The van der Waals surface area contributed by atoms with Crippen molar-refractivity contribution in [2.45, 2.75) is 0 Å². The van der Waals surface area contributed by atoms with Gasteiger partial charge in [-0.25, -0.2) is 10.2 Å². The number of phenolic OH excluding ortho intramolecular Hbond substituents is 1. The summed E-state index contributed by atoms with van der Waals surface area (Å²) in [6.45, 7) is 0. The molecule has 0 atom stereocenters. The van der Waals surface area contributed by atoms with Gasteiger partial charge in [0.15, 0.2) is 11.5 Å². The van der Waals surface area contributed by atoms with Crippen molar-refractivity contribution in [1.29, 1.82) is 0 Å². The van der Waals surface area contributed by atoms with Gasteiger partial charge in [0.1, 0.15) is 0 Å². The number of benzene rings is 1. The third-order valence-corrected chi connectivity index (χ3v) is 2.29. The number of nitrogens with two attached hydrogens (primary N) is 1. The Hall–Kier alpha value is -1.51. The van der Waals surface area contributed by atoms with Crippen LogP contribution in [0.15, 0.2) is 17.2 Å². The van der Waals surface area contributed by atoms with E-state index < -0.39 is 6.03 Å². The van der Waals surface area contributed by atoms with E-state index in [-0.39, 0.29) is 5.75 Å². The number of phenols is 1. The number of carbonyl (C=O) groups is 1. The van der Waals surface area contributed by atoms with Crippen molar-refractivity contribution in [2.75, 3.05) is 7.11 Å². The number of primary amides is 1. The van der Waals surface area contributed by atoms with Gasteiger partial charge in [0, 0.05) is 9.13 Å².